The largest absolute Gasteiger partial charge is 0.470 e. The van der Waals surface area contributed by atoms with Crippen LogP contribution in [0.5, 0.6) is 5.88 Å². The van der Waals surface area contributed by atoms with Crippen LogP contribution in [0.25, 0.3) is 11.3 Å². The summed E-state index contributed by atoms with van der Waals surface area (Å²) in [7, 11) is -0.715. The Bertz CT molecular complexity index is 1560. The molecule has 1 amide bonds. The van der Waals surface area contributed by atoms with Gasteiger partial charge in [0, 0.05) is 18.0 Å². The van der Waals surface area contributed by atoms with Gasteiger partial charge in [0.1, 0.15) is 18.0 Å². The summed E-state index contributed by atoms with van der Waals surface area (Å²) in [5, 5.41) is 19.0. The first kappa shape index (κ1) is 35.0. The summed E-state index contributed by atoms with van der Waals surface area (Å²) in [6.07, 6.45) is -4.76. The molecule has 44 heavy (non-hydrogen) atoms. The molecule has 0 fully saturated rings. The number of pyridine rings is 1. The molecule has 0 atom stereocenters. The van der Waals surface area contributed by atoms with Crippen molar-refractivity contribution < 1.29 is 32.1 Å². The van der Waals surface area contributed by atoms with Crippen molar-refractivity contribution in [1.29, 1.82) is 0 Å². The van der Waals surface area contributed by atoms with E-state index in [0.29, 0.717) is 5.69 Å². The van der Waals surface area contributed by atoms with Crippen LogP contribution in [0.15, 0.2) is 30.3 Å². The molecule has 3 aromatic rings. The van der Waals surface area contributed by atoms with Crippen molar-refractivity contribution in [2.45, 2.75) is 71.3 Å². The van der Waals surface area contributed by atoms with Gasteiger partial charge < -0.3 is 14.5 Å². The van der Waals surface area contributed by atoms with E-state index in [1.807, 2.05) is 54.6 Å². The number of nitrogens with one attached hydrogen (secondary N) is 1. The molecule has 240 valence electrons. The molecule has 0 bridgehead atoms. The number of anilines is 1. The van der Waals surface area contributed by atoms with Crippen LogP contribution in [0, 0.1) is 10.1 Å². The maximum absolute atomic E-state index is 13.9. The number of aryl methyl sites for hydroxylation is 1. The molecule has 0 unspecified atom stereocenters. The van der Waals surface area contributed by atoms with E-state index in [0.717, 1.165) is 12.1 Å². The Balaban J connectivity index is 2.14. The third-order valence-electron chi connectivity index (χ3n) is 7.41. The summed E-state index contributed by atoms with van der Waals surface area (Å²) in [5.74, 6) is -1.44. The lowest BCUT2D eigenvalue weighted by Gasteiger charge is -2.36. The molecule has 2 heterocycles. The molecular formula is C29H37ClF3N5O5Si. The van der Waals surface area contributed by atoms with Gasteiger partial charge in [-0.2, -0.15) is 18.3 Å². The zero-order valence-corrected chi connectivity index (χ0v) is 27.9. The molecular weight excluding hydrogens is 619 g/mol. The van der Waals surface area contributed by atoms with Crippen LogP contribution in [0.3, 0.4) is 0 Å². The highest BCUT2D eigenvalue weighted by atomic mass is 35.5. The molecule has 0 aliphatic rings. The number of aromatic nitrogens is 3. The van der Waals surface area contributed by atoms with E-state index in [1.165, 1.54) is 29.9 Å². The number of halogens is 4. The fraction of sp³-hybridized carbons (Fsp3) is 0.483. The smallest absolute Gasteiger partial charge is 0.417 e. The van der Waals surface area contributed by atoms with E-state index in [2.05, 4.69) is 15.4 Å². The quantitative estimate of drug-likeness (QED) is 0.107. The SMILES string of the molecule is Cn1nc(C(C)(C)C)c(Cl)c1C(=O)Nc1cc(-c2ccccc2C(F)(F)F)nc(OCCO[Si](C)(C)C(C)(C)C)c1[N+](=O)[O-]. The second-order valence-electron chi connectivity index (χ2n) is 12.8. The highest BCUT2D eigenvalue weighted by Gasteiger charge is 2.38. The van der Waals surface area contributed by atoms with Crippen LogP contribution < -0.4 is 10.1 Å². The Morgan fingerprint density at radius 3 is 2.25 bits per heavy atom. The first-order chi connectivity index (χ1) is 20.1. The summed E-state index contributed by atoms with van der Waals surface area (Å²) < 4.78 is 54.8. The van der Waals surface area contributed by atoms with Crippen molar-refractivity contribution in [3.8, 4) is 17.1 Å². The lowest BCUT2D eigenvalue weighted by atomic mass is 9.92. The van der Waals surface area contributed by atoms with Crippen molar-refractivity contribution in [2.75, 3.05) is 18.5 Å². The fourth-order valence-electron chi connectivity index (χ4n) is 4.04. The van der Waals surface area contributed by atoms with Gasteiger partial charge in [0.15, 0.2) is 8.32 Å². The normalized spacial score (nSPS) is 12.8. The minimum atomic E-state index is -4.76. The zero-order valence-electron chi connectivity index (χ0n) is 26.1. The number of hydrogen-bond acceptors (Lipinski definition) is 7. The van der Waals surface area contributed by atoms with Gasteiger partial charge in [-0.15, -0.1) is 0 Å². The highest BCUT2D eigenvalue weighted by molar-refractivity contribution is 6.74. The lowest BCUT2D eigenvalue weighted by Crippen LogP contribution is -2.41. The molecule has 1 N–H and O–H groups in total. The number of carbonyl (C=O) groups is 1. The van der Waals surface area contributed by atoms with Gasteiger partial charge in [0.2, 0.25) is 0 Å². The summed E-state index contributed by atoms with van der Waals surface area (Å²) in [4.78, 5) is 29.1. The first-order valence-electron chi connectivity index (χ1n) is 13.7. The van der Waals surface area contributed by atoms with Gasteiger partial charge in [-0.1, -0.05) is 71.3 Å². The van der Waals surface area contributed by atoms with Crippen LogP contribution >= 0.6 is 11.6 Å². The second-order valence-corrected chi connectivity index (χ2v) is 18.0. The van der Waals surface area contributed by atoms with Crippen LogP contribution in [0.2, 0.25) is 23.2 Å². The van der Waals surface area contributed by atoms with E-state index in [1.54, 1.807) is 0 Å². The second kappa shape index (κ2) is 12.5. The minimum Gasteiger partial charge on any atom is -0.470 e. The van der Waals surface area contributed by atoms with Gasteiger partial charge in [0.25, 0.3) is 11.8 Å². The van der Waals surface area contributed by atoms with Crippen molar-refractivity contribution in [3.63, 3.8) is 0 Å². The van der Waals surface area contributed by atoms with Gasteiger partial charge in [0.05, 0.1) is 33.5 Å². The molecule has 3 rings (SSSR count). The number of rotatable bonds is 9. The summed E-state index contributed by atoms with van der Waals surface area (Å²) in [6.45, 7) is 15.6. The van der Waals surface area contributed by atoms with E-state index < -0.39 is 53.6 Å². The van der Waals surface area contributed by atoms with E-state index in [-0.39, 0.29) is 40.2 Å². The summed E-state index contributed by atoms with van der Waals surface area (Å²) >= 11 is 6.51. The number of carbonyl (C=O) groups excluding carboxylic acids is 1. The zero-order chi connectivity index (χ0) is 33.4. The number of benzene rings is 1. The lowest BCUT2D eigenvalue weighted by molar-refractivity contribution is -0.385. The molecule has 0 saturated heterocycles. The molecule has 0 aliphatic carbocycles. The number of amides is 1. The van der Waals surface area contributed by atoms with Crippen LogP contribution in [-0.2, 0) is 23.1 Å². The van der Waals surface area contributed by atoms with Crippen molar-refractivity contribution in [1.82, 2.24) is 14.8 Å². The van der Waals surface area contributed by atoms with E-state index >= 15 is 0 Å². The summed E-state index contributed by atoms with van der Waals surface area (Å²) in [5.41, 5.74) is -3.06. The van der Waals surface area contributed by atoms with Gasteiger partial charge in [-0.25, -0.2) is 4.98 Å². The van der Waals surface area contributed by atoms with Crippen molar-refractivity contribution in [3.05, 3.63) is 62.4 Å². The Hall–Kier alpha value is -3.49. The van der Waals surface area contributed by atoms with Gasteiger partial charge in [-0.3, -0.25) is 19.6 Å². The predicted molar refractivity (Wildman–Crippen MR) is 165 cm³/mol. The predicted octanol–water partition coefficient (Wildman–Crippen LogP) is 8.01. The third kappa shape index (κ3) is 7.59. The standard InChI is InChI=1S/C29H37ClF3N5O5Si/c1-27(2,3)24-21(30)23(37(7)36-24)25(39)34-20-16-19(17-12-10-11-13-18(17)29(31,32)33)35-26(22(20)38(40)41)42-14-15-43-44(8,9)28(4,5)6/h10-13,16H,14-15H2,1-9H3,(H,34,35,39). The number of nitro groups is 1. The Morgan fingerprint density at radius 2 is 1.73 bits per heavy atom. The fourth-order valence-corrected chi connectivity index (χ4v) is 5.59. The molecule has 1 aromatic carbocycles. The number of ether oxygens (including phenoxy) is 1. The van der Waals surface area contributed by atoms with Crippen molar-refractivity contribution >= 4 is 37.2 Å². The molecule has 0 aliphatic heterocycles. The monoisotopic (exact) mass is 655 g/mol. The topological polar surface area (TPSA) is 121 Å². The van der Waals surface area contributed by atoms with Crippen LogP contribution in [-0.4, -0.2) is 47.1 Å². The minimum absolute atomic E-state index is 0.0381. The van der Waals surface area contributed by atoms with Gasteiger partial charge >= 0.3 is 11.9 Å². The Morgan fingerprint density at radius 1 is 1.11 bits per heavy atom. The molecule has 2 aromatic heterocycles. The molecule has 10 nitrogen and oxygen atoms in total. The Labute approximate surface area is 260 Å². The van der Waals surface area contributed by atoms with Crippen LogP contribution in [0.1, 0.15) is 63.3 Å². The average molecular weight is 656 g/mol. The van der Waals surface area contributed by atoms with E-state index in [4.69, 9.17) is 20.8 Å². The molecule has 15 heteroatoms. The first-order valence-corrected chi connectivity index (χ1v) is 17.0. The molecule has 0 spiro atoms. The maximum Gasteiger partial charge on any atom is 0.417 e. The molecule has 0 saturated carbocycles. The Kier molecular flexibility index (Phi) is 9.93. The average Bonchev–Trinajstić information content (AvgIpc) is 3.19. The number of nitrogens with zero attached hydrogens (tertiary/aromatic N) is 4. The third-order valence-corrected chi connectivity index (χ3v) is 12.3. The van der Waals surface area contributed by atoms with Crippen LogP contribution in [0.4, 0.5) is 24.5 Å². The number of hydrogen-bond donors (Lipinski definition) is 1. The highest BCUT2D eigenvalue weighted by Crippen LogP contribution is 2.42. The number of alkyl halides is 3. The summed E-state index contributed by atoms with van der Waals surface area (Å²) in [6, 6.07) is 5.65. The van der Waals surface area contributed by atoms with Gasteiger partial charge in [-0.05, 0) is 30.3 Å². The van der Waals surface area contributed by atoms with Crippen molar-refractivity contribution in [2.24, 2.45) is 7.05 Å². The maximum atomic E-state index is 13.9. The van der Waals surface area contributed by atoms with E-state index in [9.17, 15) is 28.1 Å². The molecule has 0 radical (unpaired) electrons.